The number of piperidine rings is 1. The number of anilines is 1. The van der Waals surface area contributed by atoms with Gasteiger partial charge in [0.2, 0.25) is 0 Å². The Morgan fingerprint density at radius 3 is 2.92 bits per heavy atom. The third-order valence-electron chi connectivity index (χ3n) is 5.47. The molecule has 0 saturated carbocycles. The van der Waals surface area contributed by atoms with Crippen LogP contribution in [0.15, 0.2) is 22.9 Å². The van der Waals surface area contributed by atoms with Gasteiger partial charge in [-0.2, -0.15) is 0 Å². The minimum Gasteiger partial charge on any atom is -0.370 e. The van der Waals surface area contributed by atoms with Gasteiger partial charge in [-0.15, -0.1) is 0 Å². The largest absolute Gasteiger partial charge is 0.370 e. The zero-order chi connectivity index (χ0) is 18.1. The Balaban J connectivity index is 1.50. The zero-order valence-electron chi connectivity index (χ0n) is 15.4. The van der Waals surface area contributed by atoms with Crippen LogP contribution < -0.4 is 4.90 Å². The van der Waals surface area contributed by atoms with Gasteiger partial charge in [0.1, 0.15) is 5.76 Å². The Morgan fingerprint density at radius 1 is 1.27 bits per heavy atom. The lowest BCUT2D eigenvalue weighted by Gasteiger charge is -2.48. The zero-order valence-corrected chi connectivity index (χ0v) is 15.4. The van der Waals surface area contributed by atoms with Crippen molar-refractivity contribution in [1.29, 1.82) is 0 Å². The maximum atomic E-state index is 14.2. The van der Waals surface area contributed by atoms with Crippen LogP contribution in [0.2, 0.25) is 0 Å². The first-order chi connectivity index (χ1) is 12.6. The number of aryl methyl sites for hydroxylation is 2. The van der Waals surface area contributed by atoms with Crippen molar-refractivity contribution >= 4 is 5.82 Å². The van der Waals surface area contributed by atoms with Gasteiger partial charge < -0.3 is 14.2 Å². The number of nitrogens with zero attached hydrogens (tertiary/aromatic N) is 4. The maximum Gasteiger partial charge on any atom is 0.165 e. The van der Waals surface area contributed by atoms with Crippen LogP contribution in [0.3, 0.4) is 0 Å². The second kappa shape index (κ2) is 6.96. The molecule has 0 aromatic carbocycles. The normalized spacial score (nSPS) is 24.3. The molecule has 26 heavy (non-hydrogen) atoms. The number of hydrogen-bond donors (Lipinski definition) is 0. The van der Waals surface area contributed by atoms with Gasteiger partial charge in [-0.3, -0.25) is 4.90 Å². The summed E-state index contributed by atoms with van der Waals surface area (Å²) in [4.78, 5) is 8.67. The SMILES string of the molecule is Cc1noc(C)c1CN1CCOC2(CCCN(c3ncccc3F)C2)C1. The third-order valence-corrected chi connectivity index (χ3v) is 5.47. The number of aromatic nitrogens is 2. The standard InChI is InChI=1S/C19H25FN4O2/c1-14-16(15(2)26-22-14)11-23-9-10-25-19(12-23)6-4-8-24(13-19)18-17(20)5-3-7-21-18/h3,5,7H,4,6,8-13H2,1-2H3. The summed E-state index contributed by atoms with van der Waals surface area (Å²) in [5.41, 5.74) is 1.83. The number of ether oxygens (including phenoxy) is 1. The minimum atomic E-state index is -0.278. The Hall–Kier alpha value is -1.99. The van der Waals surface area contributed by atoms with E-state index in [-0.39, 0.29) is 11.4 Å². The lowest BCUT2D eigenvalue weighted by atomic mass is 9.90. The van der Waals surface area contributed by atoms with Crippen molar-refractivity contribution in [2.75, 3.05) is 37.7 Å². The summed E-state index contributed by atoms with van der Waals surface area (Å²) < 4.78 is 25.7. The summed E-state index contributed by atoms with van der Waals surface area (Å²) in [5.74, 6) is 1.04. The van der Waals surface area contributed by atoms with Crippen molar-refractivity contribution < 1.29 is 13.7 Å². The van der Waals surface area contributed by atoms with Crippen LogP contribution in [0.1, 0.15) is 29.9 Å². The van der Waals surface area contributed by atoms with E-state index in [4.69, 9.17) is 9.26 Å². The third kappa shape index (κ3) is 3.33. The van der Waals surface area contributed by atoms with E-state index in [9.17, 15) is 4.39 Å². The van der Waals surface area contributed by atoms with Gasteiger partial charge in [0.15, 0.2) is 11.6 Å². The second-order valence-corrected chi connectivity index (χ2v) is 7.38. The van der Waals surface area contributed by atoms with Gasteiger partial charge in [0.05, 0.1) is 17.9 Å². The highest BCUT2D eigenvalue weighted by Gasteiger charge is 2.41. The number of halogens is 1. The van der Waals surface area contributed by atoms with Crippen molar-refractivity contribution in [1.82, 2.24) is 15.0 Å². The van der Waals surface area contributed by atoms with Gasteiger partial charge in [-0.05, 0) is 38.8 Å². The smallest absolute Gasteiger partial charge is 0.165 e. The fourth-order valence-corrected chi connectivity index (χ4v) is 4.15. The highest BCUT2D eigenvalue weighted by Crippen LogP contribution is 2.32. The molecule has 2 aromatic heterocycles. The number of hydrogen-bond acceptors (Lipinski definition) is 6. The van der Waals surface area contributed by atoms with Crippen molar-refractivity contribution in [2.24, 2.45) is 0 Å². The molecular weight excluding hydrogens is 335 g/mol. The first-order valence-electron chi connectivity index (χ1n) is 9.20. The molecule has 0 bridgehead atoms. The quantitative estimate of drug-likeness (QED) is 0.839. The maximum absolute atomic E-state index is 14.2. The van der Waals surface area contributed by atoms with Crippen LogP contribution in [0.4, 0.5) is 10.2 Å². The first-order valence-corrected chi connectivity index (χ1v) is 9.20. The van der Waals surface area contributed by atoms with E-state index in [0.29, 0.717) is 19.0 Å². The van der Waals surface area contributed by atoms with E-state index in [1.807, 2.05) is 18.7 Å². The molecule has 4 heterocycles. The van der Waals surface area contributed by atoms with E-state index in [1.54, 1.807) is 12.3 Å². The first kappa shape index (κ1) is 17.4. The topological polar surface area (TPSA) is 54.6 Å². The van der Waals surface area contributed by atoms with Crippen molar-refractivity contribution in [2.45, 2.75) is 38.8 Å². The number of morpholine rings is 1. The molecule has 1 spiro atoms. The molecule has 7 heteroatoms. The molecule has 1 unspecified atom stereocenters. The summed E-state index contributed by atoms with van der Waals surface area (Å²) in [6.45, 7) is 8.60. The summed E-state index contributed by atoms with van der Waals surface area (Å²) in [5, 5.41) is 4.06. The lowest BCUT2D eigenvalue weighted by Crippen LogP contribution is -2.59. The van der Waals surface area contributed by atoms with Crippen molar-refractivity contribution in [3.63, 3.8) is 0 Å². The van der Waals surface area contributed by atoms with Gasteiger partial charge in [0.25, 0.3) is 0 Å². The van der Waals surface area contributed by atoms with E-state index < -0.39 is 0 Å². The average molecular weight is 360 g/mol. The van der Waals surface area contributed by atoms with Crippen LogP contribution in [0.5, 0.6) is 0 Å². The van der Waals surface area contributed by atoms with E-state index in [1.165, 1.54) is 6.07 Å². The second-order valence-electron chi connectivity index (χ2n) is 7.38. The van der Waals surface area contributed by atoms with Gasteiger partial charge >= 0.3 is 0 Å². The van der Waals surface area contributed by atoms with Crippen LogP contribution in [0, 0.1) is 19.7 Å². The van der Waals surface area contributed by atoms with Crippen LogP contribution in [0.25, 0.3) is 0 Å². The molecule has 140 valence electrons. The minimum absolute atomic E-state index is 0.270. The molecule has 0 aliphatic carbocycles. The molecule has 0 amide bonds. The predicted octanol–water partition coefficient (Wildman–Crippen LogP) is 2.70. The molecule has 2 saturated heterocycles. The molecule has 6 nitrogen and oxygen atoms in total. The van der Waals surface area contributed by atoms with Crippen LogP contribution in [-0.2, 0) is 11.3 Å². The van der Waals surface area contributed by atoms with Crippen LogP contribution >= 0.6 is 0 Å². The Kier molecular flexibility index (Phi) is 4.67. The number of rotatable bonds is 3. The lowest BCUT2D eigenvalue weighted by molar-refractivity contribution is -0.116. The van der Waals surface area contributed by atoms with Crippen molar-refractivity contribution in [3.05, 3.63) is 41.2 Å². The van der Waals surface area contributed by atoms with E-state index in [0.717, 1.165) is 56.0 Å². The molecule has 2 aromatic rings. The highest BCUT2D eigenvalue weighted by atomic mass is 19.1. The summed E-state index contributed by atoms with van der Waals surface area (Å²) in [6, 6.07) is 3.09. The Labute approximate surface area is 152 Å². The fourth-order valence-electron chi connectivity index (χ4n) is 4.15. The molecule has 4 rings (SSSR count). The molecule has 0 radical (unpaired) electrons. The van der Waals surface area contributed by atoms with E-state index in [2.05, 4.69) is 15.0 Å². The summed E-state index contributed by atoms with van der Waals surface area (Å²) in [6.07, 6.45) is 3.59. The van der Waals surface area contributed by atoms with E-state index >= 15 is 0 Å². The highest BCUT2D eigenvalue weighted by molar-refractivity contribution is 5.41. The molecule has 0 N–H and O–H groups in total. The average Bonchev–Trinajstić information content (AvgIpc) is 2.94. The summed E-state index contributed by atoms with van der Waals surface area (Å²) >= 11 is 0. The van der Waals surface area contributed by atoms with Crippen LogP contribution in [-0.4, -0.2) is 53.4 Å². The summed E-state index contributed by atoms with van der Waals surface area (Å²) in [7, 11) is 0. The monoisotopic (exact) mass is 360 g/mol. The number of pyridine rings is 1. The molecule has 2 aliphatic heterocycles. The van der Waals surface area contributed by atoms with Gasteiger partial charge in [-0.1, -0.05) is 5.16 Å². The van der Waals surface area contributed by atoms with Gasteiger partial charge in [-0.25, -0.2) is 9.37 Å². The fraction of sp³-hybridized carbons (Fsp3) is 0.579. The predicted molar refractivity (Wildman–Crippen MR) is 95.6 cm³/mol. The van der Waals surface area contributed by atoms with Gasteiger partial charge in [0, 0.05) is 44.5 Å². The Morgan fingerprint density at radius 2 is 2.15 bits per heavy atom. The molecule has 1 atom stereocenters. The Bertz CT molecular complexity index is 757. The molecule has 2 aliphatic rings. The molecule has 2 fully saturated rings. The molecular formula is C19H25FN4O2. The van der Waals surface area contributed by atoms with Crippen molar-refractivity contribution in [3.8, 4) is 0 Å².